The zero-order chi connectivity index (χ0) is 24.2. The van der Waals surface area contributed by atoms with Gasteiger partial charge in [-0.3, -0.25) is 14.5 Å². The van der Waals surface area contributed by atoms with Gasteiger partial charge in [0, 0.05) is 10.7 Å². The summed E-state index contributed by atoms with van der Waals surface area (Å²) in [5.41, 5.74) is 1.33. The molecule has 1 fully saturated rings. The van der Waals surface area contributed by atoms with Crippen molar-refractivity contribution in [3.8, 4) is 5.75 Å². The van der Waals surface area contributed by atoms with E-state index in [1.807, 2.05) is 24.3 Å². The van der Waals surface area contributed by atoms with Gasteiger partial charge in [0.15, 0.2) is 0 Å². The second-order valence-corrected chi connectivity index (χ2v) is 8.95. The van der Waals surface area contributed by atoms with Gasteiger partial charge < -0.3 is 18.8 Å². The van der Waals surface area contributed by atoms with Gasteiger partial charge in [-0.15, -0.1) is 0 Å². The van der Waals surface area contributed by atoms with Crippen molar-refractivity contribution in [1.82, 2.24) is 9.47 Å². The first-order valence-electron chi connectivity index (χ1n) is 11.5. The summed E-state index contributed by atoms with van der Waals surface area (Å²) >= 11 is 6.59. The highest BCUT2D eigenvalue weighted by atomic mass is 35.5. The van der Waals surface area contributed by atoms with Crippen LogP contribution in [0.1, 0.15) is 48.4 Å². The number of benzene rings is 1. The second kappa shape index (κ2) is 10.5. The Hall–Kier alpha value is -3.03. The minimum absolute atomic E-state index is 0.0735. The fourth-order valence-corrected chi connectivity index (χ4v) is 4.90. The Morgan fingerprint density at radius 1 is 1.24 bits per heavy atom. The van der Waals surface area contributed by atoms with Crippen LogP contribution in [0.3, 0.4) is 0 Å². The van der Waals surface area contributed by atoms with Crippen molar-refractivity contribution in [2.45, 2.75) is 39.3 Å². The highest BCUT2D eigenvalue weighted by Crippen LogP contribution is 2.38. The molecule has 1 saturated heterocycles. The lowest BCUT2D eigenvalue weighted by Crippen LogP contribution is -2.42. The van der Waals surface area contributed by atoms with E-state index in [1.165, 1.54) is 0 Å². The number of ether oxygens (including phenoxy) is 1. The Kier molecular flexibility index (Phi) is 7.44. The number of carbonyl (C=O) groups is 1. The van der Waals surface area contributed by atoms with Gasteiger partial charge in [-0.1, -0.05) is 29.8 Å². The molecule has 34 heavy (non-hydrogen) atoms. The van der Waals surface area contributed by atoms with E-state index >= 15 is 0 Å². The Morgan fingerprint density at radius 3 is 2.62 bits per heavy atom. The van der Waals surface area contributed by atoms with E-state index in [4.69, 9.17) is 20.8 Å². The SMILES string of the molecule is CCOC(=O)C1CCN([C@H](c2ccccc2Cl)c2c(O)cc(C)n(Cc3ccco3)c2=O)CC1. The minimum atomic E-state index is -0.562. The number of carbonyl (C=O) groups excluding carboxylic acids is 1. The molecule has 0 amide bonds. The van der Waals surface area contributed by atoms with Gasteiger partial charge in [0.1, 0.15) is 11.5 Å². The summed E-state index contributed by atoms with van der Waals surface area (Å²) in [7, 11) is 0. The average molecular weight is 485 g/mol. The fraction of sp³-hybridized carbons (Fsp3) is 0.385. The number of esters is 1. The van der Waals surface area contributed by atoms with Crippen molar-refractivity contribution in [1.29, 1.82) is 0 Å². The molecule has 0 radical (unpaired) electrons. The smallest absolute Gasteiger partial charge is 0.309 e. The first-order valence-corrected chi connectivity index (χ1v) is 11.9. The lowest BCUT2D eigenvalue weighted by Gasteiger charge is -2.37. The predicted octanol–water partition coefficient (Wildman–Crippen LogP) is 4.52. The van der Waals surface area contributed by atoms with E-state index in [-0.39, 0.29) is 35.3 Å². The summed E-state index contributed by atoms with van der Waals surface area (Å²) in [6.45, 7) is 5.31. The fourth-order valence-electron chi connectivity index (χ4n) is 4.67. The minimum Gasteiger partial charge on any atom is -0.507 e. The Balaban J connectivity index is 1.76. The number of nitrogens with zero attached hydrogens (tertiary/aromatic N) is 2. The average Bonchev–Trinajstić information content (AvgIpc) is 3.34. The molecule has 4 rings (SSSR count). The number of halogens is 1. The number of aromatic nitrogens is 1. The van der Waals surface area contributed by atoms with Crippen LogP contribution < -0.4 is 5.56 Å². The van der Waals surface area contributed by atoms with Crippen molar-refractivity contribution in [3.63, 3.8) is 0 Å². The summed E-state index contributed by atoms with van der Waals surface area (Å²) in [6.07, 6.45) is 2.78. The molecular weight excluding hydrogens is 456 g/mol. The van der Waals surface area contributed by atoms with Crippen LogP contribution in [-0.4, -0.2) is 40.2 Å². The molecule has 2 aromatic heterocycles. The summed E-state index contributed by atoms with van der Waals surface area (Å²) in [6, 6.07) is 12.0. The lowest BCUT2D eigenvalue weighted by atomic mass is 9.91. The third-order valence-electron chi connectivity index (χ3n) is 6.40. The molecule has 3 heterocycles. The lowest BCUT2D eigenvalue weighted by molar-refractivity contribution is -0.149. The standard InChI is InChI=1S/C26H29ClN2O5/c1-3-33-26(32)18-10-12-28(13-11-18)24(20-8-4-5-9-21(20)27)23-22(30)15-17(2)29(25(23)31)16-19-7-6-14-34-19/h4-9,14-15,18,24,30H,3,10-13,16H2,1-2H3/t24-/m1/s1. The number of piperidine rings is 1. The number of likely N-dealkylation sites (tertiary alicyclic amines) is 1. The van der Waals surface area contributed by atoms with Crippen LogP contribution in [0.2, 0.25) is 5.02 Å². The summed E-state index contributed by atoms with van der Waals surface area (Å²) in [5, 5.41) is 11.5. The van der Waals surface area contributed by atoms with Crippen LogP contribution in [0.4, 0.5) is 0 Å². The van der Waals surface area contributed by atoms with E-state index in [0.717, 1.165) is 5.56 Å². The number of aromatic hydroxyl groups is 1. The van der Waals surface area contributed by atoms with Crippen LogP contribution in [0.25, 0.3) is 0 Å². The molecule has 0 bridgehead atoms. The molecule has 8 heteroatoms. The summed E-state index contributed by atoms with van der Waals surface area (Å²) < 4.78 is 12.3. The molecule has 1 aromatic carbocycles. The zero-order valence-electron chi connectivity index (χ0n) is 19.4. The van der Waals surface area contributed by atoms with Crippen molar-refractivity contribution < 1.29 is 19.1 Å². The zero-order valence-corrected chi connectivity index (χ0v) is 20.1. The molecule has 0 saturated carbocycles. The number of furan rings is 1. The third kappa shape index (κ3) is 4.91. The topological polar surface area (TPSA) is 84.9 Å². The van der Waals surface area contributed by atoms with Crippen LogP contribution in [0.5, 0.6) is 5.75 Å². The van der Waals surface area contributed by atoms with Crippen molar-refractivity contribution >= 4 is 17.6 Å². The Bertz CT molecular complexity index is 1200. The molecule has 0 unspecified atom stereocenters. The number of pyridine rings is 1. The summed E-state index contributed by atoms with van der Waals surface area (Å²) in [5.74, 6) is 0.211. The van der Waals surface area contributed by atoms with Crippen molar-refractivity contribution in [3.05, 3.63) is 86.7 Å². The highest BCUT2D eigenvalue weighted by Gasteiger charge is 2.35. The van der Waals surface area contributed by atoms with Gasteiger partial charge in [0.05, 0.1) is 36.9 Å². The number of rotatable bonds is 7. The van der Waals surface area contributed by atoms with Gasteiger partial charge in [-0.25, -0.2) is 0 Å². The van der Waals surface area contributed by atoms with E-state index in [0.29, 0.717) is 49.0 Å². The highest BCUT2D eigenvalue weighted by molar-refractivity contribution is 6.31. The maximum atomic E-state index is 13.8. The maximum absolute atomic E-state index is 13.8. The van der Waals surface area contributed by atoms with Gasteiger partial charge in [0.2, 0.25) is 0 Å². The normalized spacial score (nSPS) is 15.9. The third-order valence-corrected chi connectivity index (χ3v) is 6.75. The number of hydrogen-bond acceptors (Lipinski definition) is 6. The predicted molar refractivity (Wildman–Crippen MR) is 129 cm³/mol. The Labute approximate surface area is 203 Å². The van der Waals surface area contributed by atoms with E-state index in [9.17, 15) is 14.7 Å². The van der Waals surface area contributed by atoms with Crippen LogP contribution in [0.15, 0.2) is 57.9 Å². The van der Waals surface area contributed by atoms with E-state index in [2.05, 4.69) is 4.90 Å². The van der Waals surface area contributed by atoms with Crippen LogP contribution in [-0.2, 0) is 16.1 Å². The van der Waals surface area contributed by atoms with Crippen LogP contribution >= 0.6 is 11.6 Å². The van der Waals surface area contributed by atoms with Gasteiger partial charge in [0.25, 0.3) is 5.56 Å². The summed E-state index contributed by atoms with van der Waals surface area (Å²) in [4.78, 5) is 28.1. The molecule has 1 aliphatic rings. The molecule has 1 aliphatic heterocycles. The number of aryl methyl sites for hydroxylation is 1. The molecule has 1 atom stereocenters. The van der Waals surface area contributed by atoms with Crippen molar-refractivity contribution in [2.24, 2.45) is 5.92 Å². The van der Waals surface area contributed by atoms with Crippen molar-refractivity contribution in [2.75, 3.05) is 19.7 Å². The Morgan fingerprint density at radius 2 is 1.97 bits per heavy atom. The molecule has 0 aliphatic carbocycles. The van der Waals surface area contributed by atoms with Gasteiger partial charge in [-0.2, -0.15) is 0 Å². The molecule has 3 aromatic rings. The monoisotopic (exact) mass is 484 g/mol. The first-order chi connectivity index (χ1) is 16.4. The first kappa shape index (κ1) is 24.1. The van der Waals surface area contributed by atoms with E-state index < -0.39 is 6.04 Å². The maximum Gasteiger partial charge on any atom is 0.309 e. The van der Waals surface area contributed by atoms with E-state index in [1.54, 1.807) is 42.9 Å². The molecule has 180 valence electrons. The second-order valence-electron chi connectivity index (χ2n) is 8.54. The molecule has 7 nitrogen and oxygen atoms in total. The molecular formula is C26H29ClN2O5. The number of hydrogen-bond donors (Lipinski definition) is 1. The van der Waals surface area contributed by atoms with Gasteiger partial charge >= 0.3 is 5.97 Å². The molecule has 1 N–H and O–H groups in total. The van der Waals surface area contributed by atoms with Gasteiger partial charge in [-0.05, 0) is 69.6 Å². The largest absolute Gasteiger partial charge is 0.507 e. The molecule has 0 spiro atoms. The van der Waals surface area contributed by atoms with Crippen LogP contribution in [0, 0.1) is 12.8 Å². The quantitative estimate of drug-likeness (QED) is 0.496.